The molecule has 7 rings (SSSR count). The number of benzene rings is 3. The van der Waals surface area contributed by atoms with Crippen LogP contribution in [0, 0.1) is 32.5 Å². The first kappa shape index (κ1) is 32.9. The summed E-state index contributed by atoms with van der Waals surface area (Å²) >= 11 is 6.43. The lowest BCUT2D eigenvalue weighted by Gasteiger charge is -2.41. The predicted octanol–water partition coefficient (Wildman–Crippen LogP) is 6.60. The van der Waals surface area contributed by atoms with Gasteiger partial charge in [0.05, 0.1) is 24.8 Å². The fourth-order valence-corrected chi connectivity index (χ4v) is 7.90. The summed E-state index contributed by atoms with van der Waals surface area (Å²) in [5, 5.41) is 7.66. The highest BCUT2D eigenvalue weighted by atomic mass is 35.5. The Kier molecular flexibility index (Phi) is 9.42. The Hall–Kier alpha value is -3.59. The minimum Gasteiger partial charge on any atom is -0.496 e. The molecular formula is C39H46ClFN4O3. The minimum atomic E-state index is -0.408. The highest BCUT2D eigenvalue weighted by Crippen LogP contribution is 2.38. The Bertz CT molecular complexity index is 1720. The maximum atomic E-state index is 14.6. The molecule has 2 N–H and O–H groups in total. The van der Waals surface area contributed by atoms with Gasteiger partial charge in [-0.1, -0.05) is 35.9 Å². The maximum Gasteiger partial charge on any atom is 0.252 e. The first-order valence-corrected chi connectivity index (χ1v) is 17.7. The van der Waals surface area contributed by atoms with E-state index in [0.717, 1.165) is 102 Å². The number of hydrogen-bond acceptors (Lipinski definition) is 6. The molecule has 2 bridgehead atoms. The van der Waals surface area contributed by atoms with Crippen LogP contribution in [0.5, 0.6) is 11.5 Å². The summed E-state index contributed by atoms with van der Waals surface area (Å²) in [7, 11) is 1.70. The van der Waals surface area contributed by atoms with E-state index in [1.54, 1.807) is 7.11 Å². The monoisotopic (exact) mass is 672 g/mol. The highest BCUT2D eigenvalue weighted by molar-refractivity contribution is 6.32. The molecule has 3 fully saturated rings. The van der Waals surface area contributed by atoms with Crippen molar-refractivity contribution in [2.45, 2.75) is 71.1 Å². The predicted molar refractivity (Wildman–Crippen MR) is 190 cm³/mol. The van der Waals surface area contributed by atoms with Gasteiger partial charge in [-0.3, -0.25) is 4.79 Å². The third kappa shape index (κ3) is 6.55. The zero-order chi connectivity index (χ0) is 33.5. The summed E-state index contributed by atoms with van der Waals surface area (Å²) in [6, 6.07) is 16.9. The Balaban J connectivity index is 1.09. The molecule has 0 radical (unpaired) electrons. The van der Waals surface area contributed by atoms with Gasteiger partial charge >= 0.3 is 0 Å². The van der Waals surface area contributed by atoms with Crippen molar-refractivity contribution in [1.82, 2.24) is 15.5 Å². The normalized spacial score (nSPS) is 22.2. The van der Waals surface area contributed by atoms with E-state index in [-0.39, 0.29) is 29.7 Å². The third-order valence-electron chi connectivity index (χ3n) is 10.7. The van der Waals surface area contributed by atoms with Crippen LogP contribution < -0.4 is 25.0 Å². The summed E-state index contributed by atoms with van der Waals surface area (Å²) in [6.45, 7) is 10.2. The van der Waals surface area contributed by atoms with Crippen molar-refractivity contribution >= 4 is 28.8 Å². The number of methoxy groups -OCH3 is 1. The Morgan fingerprint density at radius 2 is 1.85 bits per heavy atom. The van der Waals surface area contributed by atoms with Crippen molar-refractivity contribution in [3.63, 3.8) is 0 Å². The summed E-state index contributed by atoms with van der Waals surface area (Å²) < 4.78 is 26.2. The number of aryl methyl sites for hydroxylation is 1. The molecule has 0 spiro atoms. The van der Waals surface area contributed by atoms with E-state index in [9.17, 15) is 9.18 Å². The molecule has 9 heteroatoms. The van der Waals surface area contributed by atoms with E-state index in [1.165, 1.54) is 6.07 Å². The van der Waals surface area contributed by atoms with Gasteiger partial charge in [-0.2, -0.15) is 0 Å². The number of anilines is 1. The average Bonchev–Trinajstić information content (AvgIpc) is 3.82. The average molecular weight is 673 g/mol. The van der Waals surface area contributed by atoms with Crippen LogP contribution in [0.1, 0.15) is 53.5 Å². The third-order valence-corrected chi connectivity index (χ3v) is 11.2. The van der Waals surface area contributed by atoms with E-state index >= 15 is 0 Å². The number of amides is 1. The van der Waals surface area contributed by atoms with E-state index < -0.39 is 5.82 Å². The largest absolute Gasteiger partial charge is 0.496 e. The van der Waals surface area contributed by atoms with Crippen LogP contribution in [-0.4, -0.2) is 68.8 Å². The van der Waals surface area contributed by atoms with Gasteiger partial charge < -0.3 is 29.9 Å². The van der Waals surface area contributed by atoms with Crippen LogP contribution in [-0.2, 0) is 11.3 Å². The van der Waals surface area contributed by atoms with Crippen LogP contribution in [0.3, 0.4) is 0 Å². The molecule has 48 heavy (non-hydrogen) atoms. The molecule has 1 amide bonds. The van der Waals surface area contributed by atoms with E-state index in [1.807, 2.05) is 26.0 Å². The molecule has 3 aromatic carbocycles. The quantitative estimate of drug-likeness (QED) is 0.253. The lowest BCUT2D eigenvalue weighted by atomic mass is 9.83. The van der Waals surface area contributed by atoms with Gasteiger partial charge in [-0.15, -0.1) is 0 Å². The first-order chi connectivity index (χ1) is 23.2. The highest BCUT2D eigenvalue weighted by Gasteiger charge is 2.41. The van der Waals surface area contributed by atoms with Gasteiger partial charge in [0.25, 0.3) is 5.91 Å². The van der Waals surface area contributed by atoms with Gasteiger partial charge in [-0.05, 0) is 104 Å². The SMILES string of the molecule is COc1cccc(CN(C(=O)C2=C(c3ccc(N4CC[C@@H](COc5c(F)cc(C)c(C)c5Cl)C4)cc3)C[C@H]3CNC[C@@H]2N3)C2CC2)c1C. The summed E-state index contributed by atoms with van der Waals surface area (Å²) in [6.07, 6.45) is 3.85. The fourth-order valence-electron chi connectivity index (χ4n) is 7.60. The zero-order valence-corrected chi connectivity index (χ0v) is 29.1. The first-order valence-electron chi connectivity index (χ1n) is 17.3. The fraction of sp³-hybridized carbons (Fsp3) is 0.462. The number of nitrogens with one attached hydrogen (secondary N) is 2. The molecule has 0 unspecified atom stereocenters. The van der Waals surface area contributed by atoms with Crippen molar-refractivity contribution in [1.29, 1.82) is 0 Å². The number of nitrogens with zero attached hydrogens (tertiary/aromatic N) is 2. The Morgan fingerprint density at radius 3 is 2.60 bits per heavy atom. The Labute approximate surface area is 288 Å². The molecule has 7 nitrogen and oxygen atoms in total. The molecule has 2 saturated heterocycles. The second-order valence-electron chi connectivity index (χ2n) is 14.0. The smallest absolute Gasteiger partial charge is 0.252 e. The molecule has 1 saturated carbocycles. The molecule has 4 aliphatic rings. The number of ether oxygens (including phenoxy) is 2. The van der Waals surface area contributed by atoms with Gasteiger partial charge in [-0.25, -0.2) is 4.39 Å². The molecule has 0 aromatic heterocycles. The Morgan fingerprint density at radius 1 is 1.06 bits per heavy atom. The van der Waals surface area contributed by atoms with Gasteiger partial charge in [0.15, 0.2) is 11.6 Å². The van der Waals surface area contributed by atoms with Crippen molar-refractivity contribution in [3.05, 3.63) is 92.8 Å². The standard InChI is InChI=1S/C39H46ClFN4O3/c1-23-16-33(41)38(37(40)24(23)2)48-22-26-14-15-44(20-26)30-10-8-27(9-11-30)32-17-29-18-42-19-34(43-29)36(32)39(46)45(31-12-13-31)21-28-6-5-7-35(47-4)25(28)3/h5-11,16,26,29,31,34,42-43H,12-15,17-22H2,1-4H3/t26-,29+,34+/m1/s1. The topological polar surface area (TPSA) is 66.1 Å². The van der Waals surface area contributed by atoms with Crippen molar-refractivity contribution in [3.8, 4) is 11.5 Å². The minimum absolute atomic E-state index is 0.0256. The van der Waals surface area contributed by atoms with E-state index in [0.29, 0.717) is 24.2 Å². The molecule has 3 heterocycles. The number of carbonyl (C=O) groups is 1. The van der Waals surface area contributed by atoms with Crippen molar-refractivity contribution in [2.75, 3.05) is 44.8 Å². The van der Waals surface area contributed by atoms with Gasteiger partial charge in [0, 0.05) is 62.0 Å². The van der Waals surface area contributed by atoms with Crippen molar-refractivity contribution < 1.29 is 18.7 Å². The molecular weight excluding hydrogens is 627 g/mol. The number of halogens is 2. The molecule has 3 aromatic rings. The number of rotatable bonds is 10. The van der Waals surface area contributed by atoms with Crippen LogP contribution in [0.2, 0.25) is 5.02 Å². The molecule has 3 atom stereocenters. The van der Waals surface area contributed by atoms with E-state index in [4.69, 9.17) is 21.1 Å². The molecule has 254 valence electrons. The number of fused-ring (bicyclic) bond motifs is 2. The molecule has 1 aliphatic carbocycles. The summed E-state index contributed by atoms with van der Waals surface area (Å²) in [5.74, 6) is 1.01. The van der Waals surface area contributed by atoms with Gasteiger partial charge in [0.1, 0.15) is 5.75 Å². The number of hydrogen-bond donors (Lipinski definition) is 2. The zero-order valence-electron chi connectivity index (χ0n) is 28.4. The van der Waals surface area contributed by atoms with Crippen LogP contribution >= 0.6 is 11.6 Å². The van der Waals surface area contributed by atoms with Crippen LogP contribution in [0.25, 0.3) is 5.57 Å². The van der Waals surface area contributed by atoms with Gasteiger partial charge in [0.2, 0.25) is 0 Å². The summed E-state index contributed by atoms with van der Waals surface area (Å²) in [5.41, 5.74) is 8.20. The second kappa shape index (κ2) is 13.7. The van der Waals surface area contributed by atoms with Crippen molar-refractivity contribution in [2.24, 2.45) is 5.92 Å². The molecule has 3 aliphatic heterocycles. The lowest BCUT2D eigenvalue weighted by Crippen LogP contribution is -2.60. The van der Waals surface area contributed by atoms with Crippen LogP contribution in [0.4, 0.5) is 10.1 Å². The second-order valence-corrected chi connectivity index (χ2v) is 14.4. The van der Waals surface area contributed by atoms with Crippen LogP contribution in [0.15, 0.2) is 54.1 Å². The lowest BCUT2D eigenvalue weighted by molar-refractivity contribution is -0.128. The van der Waals surface area contributed by atoms with E-state index in [2.05, 4.69) is 57.7 Å². The summed E-state index contributed by atoms with van der Waals surface area (Å²) in [4.78, 5) is 19.1. The maximum absolute atomic E-state index is 14.6. The number of carbonyl (C=O) groups excluding carboxylic acids is 1. The number of piperazine rings is 1.